The van der Waals surface area contributed by atoms with E-state index in [-0.39, 0.29) is 0 Å². The van der Waals surface area contributed by atoms with Gasteiger partial charge in [0.1, 0.15) is 0 Å². The third-order valence-corrected chi connectivity index (χ3v) is 3.45. The minimum atomic E-state index is 0.525. The van der Waals surface area contributed by atoms with E-state index in [1.165, 1.54) is 32.4 Å². The summed E-state index contributed by atoms with van der Waals surface area (Å²) in [5.41, 5.74) is 1.67. The first-order chi connectivity index (χ1) is 6.53. The molecule has 14 heavy (non-hydrogen) atoms. The van der Waals surface area contributed by atoms with Gasteiger partial charge in [-0.1, -0.05) is 20.4 Å². The zero-order valence-corrected chi connectivity index (χ0v) is 10.2. The highest BCUT2D eigenvalue weighted by molar-refractivity contribution is 6.19. The third kappa shape index (κ3) is 4.02. The normalized spacial score (nSPS) is 23.1. The zero-order valence-electron chi connectivity index (χ0n) is 9.48. The van der Waals surface area contributed by atoms with Crippen LogP contribution in [0.15, 0.2) is 12.2 Å². The average Bonchev–Trinajstić information content (AvgIpc) is 2.28. The highest BCUT2D eigenvalue weighted by Crippen LogP contribution is 2.29. The predicted molar refractivity (Wildman–Crippen MR) is 63.9 cm³/mol. The second kappa shape index (κ2) is 5.18. The zero-order chi connectivity index (χ0) is 10.6. The molecule has 1 fully saturated rings. The van der Waals surface area contributed by atoms with Crippen LogP contribution in [0.2, 0.25) is 0 Å². The summed E-state index contributed by atoms with van der Waals surface area (Å²) in [4.78, 5) is 2.49. The number of likely N-dealkylation sites (tertiary alicyclic amines) is 1. The van der Waals surface area contributed by atoms with Gasteiger partial charge in [-0.2, -0.15) is 0 Å². The lowest BCUT2D eigenvalue weighted by Gasteiger charge is -2.23. The Bertz CT molecular complexity index is 198. The smallest absolute Gasteiger partial charge is 0.0443 e. The van der Waals surface area contributed by atoms with E-state index in [0.717, 1.165) is 12.1 Å². The lowest BCUT2D eigenvalue weighted by atomic mass is 9.85. The van der Waals surface area contributed by atoms with Crippen molar-refractivity contribution in [3.05, 3.63) is 12.2 Å². The molecule has 0 atom stereocenters. The summed E-state index contributed by atoms with van der Waals surface area (Å²) >= 11 is 5.74. The van der Waals surface area contributed by atoms with Gasteiger partial charge in [0, 0.05) is 12.4 Å². The van der Waals surface area contributed by atoms with Gasteiger partial charge in [-0.05, 0) is 43.3 Å². The molecule has 0 amide bonds. The molecule has 1 saturated heterocycles. The van der Waals surface area contributed by atoms with Crippen LogP contribution in [-0.4, -0.2) is 30.4 Å². The van der Waals surface area contributed by atoms with Crippen LogP contribution in [0.1, 0.15) is 33.1 Å². The maximum absolute atomic E-state index is 5.74. The van der Waals surface area contributed by atoms with Gasteiger partial charge in [0.2, 0.25) is 0 Å². The van der Waals surface area contributed by atoms with Crippen molar-refractivity contribution in [1.82, 2.24) is 4.90 Å². The van der Waals surface area contributed by atoms with Crippen LogP contribution in [0, 0.1) is 5.41 Å². The van der Waals surface area contributed by atoms with Crippen molar-refractivity contribution < 1.29 is 0 Å². The number of halogens is 1. The Balaban J connectivity index is 2.38. The first-order valence-corrected chi connectivity index (χ1v) is 6.02. The molecule has 0 N–H and O–H groups in total. The molecule has 0 radical (unpaired) electrons. The van der Waals surface area contributed by atoms with Gasteiger partial charge in [-0.15, -0.1) is 11.6 Å². The van der Waals surface area contributed by atoms with Gasteiger partial charge in [-0.25, -0.2) is 0 Å². The van der Waals surface area contributed by atoms with Crippen molar-refractivity contribution in [1.29, 1.82) is 0 Å². The summed E-state index contributed by atoms with van der Waals surface area (Å²) < 4.78 is 0. The number of alkyl halides is 1. The van der Waals surface area contributed by atoms with E-state index in [0.29, 0.717) is 11.3 Å². The number of nitrogens with zero attached hydrogens (tertiary/aromatic N) is 1. The molecule has 1 aliphatic heterocycles. The van der Waals surface area contributed by atoms with Gasteiger partial charge in [0.05, 0.1) is 0 Å². The van der Waals surface area contributed by atoms with Crippen LogP contribution < -0.4 is 0 Å². The highest BCUT2D eigenvalue weighted by atomic mass is 35.5. The first kappa shape index (κ1) is 12.1. The Morgan fingerprint density at radius 1 is 1.36 bits per heavy atom. The van der Waals surface area contributed by atoms with Crippen molar-refractivity contribution in [3.63, 3.8) is 0 Å². The Labute approximate surface area is 93.1 Å². The summed E-state index contributed by atoms with van der Waals surface area (Å²) in [7, 11) is 0. The quantitative estimate of drug-likeness (QED) is 0.516. The molecule has 82 valence electrons. The van der Waals surface area contributed by atoms with Crippen LogP contribution >= 0.6 is 11.6 Å². The molecule has 0 spiro atoms. The fraction of sp³-hybridized carbons (Fsp3) is 0.833. The SMILES string of the molecule is C=C(CCl)CN1CCCC(C)(C)CC1. The van der Waals surface area contributed by atoms with Gasteiger partial charge < -0.3 is 0 Å². The molecule has 2 heteroatoms. The monoisotopic (exact) mass is 215 g/mol. The molecule has 1 rings (SSSR count). The Morgan fingerprint density at radius 3 is 2.71 bits per heavy atom. The summed E-state index contributed by atoms with van der Waals surface area (Å²) in [6.45, 7) is 12.1. The van der Waals surface area contributed by atoms with Crippen molar-refractivity contribution in [3.8, 4) is 0 Å². The van der Waals surface area contributed by atoms with E-state index in [9.17, 15) is 0 Å². The molecule has 1 heterocycles. The van der Waals surface area contributed by atoms with Gasteiger partial charge in [-0.3, -0.25) is 4.90 Å². The van der Waals surface area contributed by atoms with Crippen molar-refractivity contribution >= 4 is 11.6 Å². The van der Waals surface area contributed by atoms with Crippen molar-refractivity contribution in [2.45, 2.75) is 33.1 Å². The van der Waals surface area contributed by atoms with E-state index in [1.54, 1.807) is 0 Å². The van der Waals surface area contributed by atoms with E-state index in [2.05, 4.69) is 25.3 Å². The van der Waals surface area contributed by atoms with Crippen molar-refractivity contribution in [2.24, 2.45) is 5.41 Å². The van der Waals surface area contributed by atoms with Crippen LogP contribution in [0.25, 0.3) is 0 Å². The summed E-state index contributed by atoms with van der Waals surface area (Å²) in [6, 6.07) is 0. The number of hydrogen-bond donors (Lipinski definition) is 0. The topological polar surface area (TPSA) is 3.24 Å². The molecule has 0 aromatic carbocycles. The molecule has 0 unspecified atom stereocenters. The standard InChI is InChI=1S/C12H22ClN/c1-11(9-13)10-14-7-4-5-12(2,3)6-8-14/h1,4-10H2,2-3H3. The van der Waals surface area contributed by atoms with Gasteiger partial charge in [0.15, 0.2) is 0 Å². The lowest BCUT2D eigenvalue weighted by molar-refractivity contribution is 0.278. The first-order valence-electron chi connectivity index (χ1n) is 5.48. The molecule has 0 saturated carbocycles. The van der Waals surface area contributed by atoms with E-state index in [1.807, 2.05) is 0 Å². The summed E-state index contributed by atoms with van der Waals surface area (Å²) in [6.07, 6.45) is 3.95. The maximum Gasteiger partial charge on any atom is 0.0443 e. The van der Waals surface area contributed by atoms with Crippen LogP contribution in [0.4, 0.5) is 0 Å². The molecule has 0 bridgehead atoms. The Morgan fingerprint density at radius 2 is 2.07 bits per heavy atom. The second-order valence-corrected chi connectivity index (χ2v) is 5.44. The molecule has 1 nitrogen and oxygen atoms in total. The summed E-state index contributed by atoms with van der Waals surface area (Å²) in [5.74, 6) is 0.597. The van der Waals surface area contributed by atoms with Crippen LogP contribution in [0.5, 0.6) is 0 Å². The number of hydrogen-bond acceptors (Lipinski definition) is 1. The molecule has 0 aromatic heterocycles. The Kier molecular flexibility index (Phi) is 4.46. The molecule has 0 aliphatic carbocycles. The molecular formula is C12H22ClN. The minimum Gasteiger partial charge on any atom is -0.299 e. The second-order valence-electron chi connectivity index (χ2n) is 5.18. The molecular weight excluding hydrogens is 194 g/mol. The molecule has 0 aromatic rings. The predicted octanol–water partition coefficient (Wildman–Crippen LogP) is 3.29. The third-order valence-electron chi connectivity index (χ3n) is 3.07. The van der Waals surface area contributed by atoms with E-state index in [4.69, 9.17) is 11.6 Å². The fourth-order valence-corrected chi connectivity index (χ4v) is 2.08. The maximum atomic E-state index is 5.74. The van der Waals surface area contributed by atoms with Gasteiger partial charge >= 0.3 is 0 Å². The van der Waals surface area contributed by atoms with E-state index >= 15 is 0 Å². The van der Waals surface area contributed by atoms with E-state index < -0.39 is 0 Å². The number of rotatable bonds is 3. The molecule has 1 aliphatic rings. The van der Waals surface area contributed by atoms with Gasteiger partial charge in [0.25, 0.3) is 0 Å². The Hall–Kier alpha value is -0.0100. The van der Waals surface area contributed by atoms with Crippen molar-refractivity contribution in [2.75, 3.05) is 25.5 Å². The fourth-order valence-electron chi connectivity index (χ4n) is 2.00. The van der Waals surface area contributed by atoms with Crippen LogP contribution in [-0.2, 0) is 0 Å². The lowest BCUT2D eigenvalue weighted by Crippen LogP contribution is -2.27. The highest BCUT2D eigenvalue weighted by Gasteiger charge is 2.22. The summed E-state index contributed by atoms with van der Waals surface area (Å²) in [5, 5.41) is 0. The average molecular weight is 216 g/mol. The largest absolute Gasteiger partial charge is 0.299 e. The van der Waals surface area contributed by atoms with Crippen LogP contribution in [0.3, 0.4) is 0 Å². The minimum absolute atomic E-state index is 0.525.